The van der Waals surface area contributed by atoms with E-state index in [1.165, 1.54) is 37.4 Å². The molecule has 1 saturated carbocycles. The highest BCUT2D eigenvalue weighted by Gasteiger charge is 2.44. The van der Waals surface area contributed by atoms with Crippen LogP contribution >= 0.6 is 0 Å². The molecule has 2 aromatic rings. The Balaban J connectivity index is 1.71. The molecule has 0 radical (unpaired) electrons. The molecule has 2 aromatic carbocycles. The lowest BCUT2D eigenvalue weighted by Crippen LogP contribution is -2.32. The van der Waals surface area contributed by atoms with Gasteiger partial charge < -0.3 is 5.32 Å². The van der Waals surface area contributed by atoms with Crippen molar-refractivity contribution >= 4 is 15.9 Å². The Morgan fingerprint density at radius 1 is 1.16 bits per heavy atom. The highest BCUT2D eigenvalue weighted by molar-refractivity contribution is 7.89. The van der Waals surface area contributed by atoms with Gasteiger partial charge in [-0.25, -0.2) is 17.5 Å². The Labute approximate surface area is 146 Å². The molecule has 0 atom stereocenters. The molecule has 7 heteroatoms. The first kappa shape index (κ1) is 17.6. The number of carbonyl (C=O) groups excluding carboxylic acids is 1. The number of nitrogens with one attached hydrogen (secondary N) is 2. The molecule has 5 nitrogen and oxygen atoms in total. The molecule has 0 aliphatic heterocycles. The van der Waals surface area contributed by atoms with Crippen molar-refractivity contribution < 1.29 is 17.6 Å². The maximum absolute atomic E-state index is 13.1. The van der Waals surface area contributed by atoms with Crippen LogP contribution in [0.3, 0.4) is 0 Å². The summed E-state index contributed by atoms with van der Waals surface area (Å²) in [5.74, 6) is -0.618. The molecule has 25 heavy (non-hydrogen) atoms. The van der Waals surface area contributed by atoms with Gasteiger partial charge in [-0.3, -0.25) is 4.79 Å². The van der Waals surface area contributed by atoms with Crippen molar-refractivity contribution in [3.05, 3.63) is 65.5 Å². The fourth-order valence-corrected chi connectivity index (χ4v) is 3.57. The molecule has 0 bridgehead atoms. The van der Waals surface area contributed by atoms with Gasteiger partial charge in [-0.2, -0.15) is 0 Å². The van der Waals surface area contributed by atoms with Crippen molar-refractivity contribution in [2.24, 2.45) is 0 Å². The van der Waals surface area contributed by atoms with Crippen LogP contribution in [0.15, 0.2) is 53.4 Å². The van der Waals surface area contributed by atoms with E-state index in [-0.39, 0.29) is 27.6 Å². The number of carbonyl (C=O) groups is 1. The standard InChI is InChI=1S/C18H19FN2O3S/c1-20-25(23,24)16-4-2-3-13(11-16)17(22)21-12-18(9-10-18)14-5-7-15(19)8-6-14/h2-8,11,20H,9-10,12H2,1H3,(H,21,22). The Kier molecular flexibility index (Phi) is 4.62. The number of amides is 1. The first-order chi connectivity index (χ1) is 11.9. The third kappa shape index (κ3) is 3.72. The van der Waals surface area contributed by atoms with Crippen molar-refractivity contribution in [1.82, 2.24) is 10.0 Å². The van der Waals surface area contributed by atoms with Crippen molar-refractivity contribution in [2.75, 3.05) is 13.6 Å². The van der Waals surface area contributed by atoms with Gasteiger partial charge in [-0.05, 0) is 55.8 Å². The summed E-state index contributed by atoms with van der Waals surface area (Å²) in [6.45, 7) is 0.431. The van der Waals surface area contributed by atoms with Gasteiger partial charge in [-0.15, -0.1) is 0 Å². The second-order valence-corrected chi connectivity index (χ2v) is 8.09. The molecule has 1 aliphatic rings. The van der Waals surface area contributed by atoms with E-state index in [2.05, 4.69) is 10.0 Å². The molecular formula is C18H19FN2O3S. The number of hydrogen-bond acceptors (Lipinski definition) is 3. The van der Waals surface area contributed by atoms with Gasteiger partial charge in [0.1, 0.15) is 5.82 Å². The van der Waals surface area contributed by atoms with Crippen LogP contribution in [0.25, 0.3) is 0 Å². The normalized spacial score (nSPS) is 15.6. The molecule has 3 rings (SSSR count). The molecule has 0 heterocycles. The maximum Gasteiger partial charge on any atom is 0.251 e. The lowest BCUT2D eigenvalue weighted by atomic mass is 9.96. The molecule has 2 N–H and O–H groups in total. The summed E-state index contributed by atoms with van der Waals surface area (Å²) in [6, 6.07) is 12.2. The van der Waals surface area contributed by atoms with E-state index < -0.39 is 10.0 Å². The average Bonchev–Trinajstić information content (AvgIpc) is 3.41. The number of benzene rings is 2. The van der Waals surface area contributed by atoms with Gasteiger partial charge in [0.05, 0.1) is 4.90 Å². The van der Waals surface area contributed by atoms with Crippen LogP contribution in [0.1, 0.15) is 28.8 Å². The summed E-state index contributed by atoms with van der Waals surface area (Å²) in [5.41, 5.74) is 1.13. The number of rotatable bonds is 6. The number of halogens is 1. The van der Waals surface area contributed by atoms with Gasteiger partial charge in [-0.1, -0.05) is 18.2 Å². The fourth-order valence-electron chi connectivity index (χ4n) is 2.80. The summed E-state index contributed by atoms with van der Waals surface area (Å²) in [7, 11) is -2.28. The number of sulfonamides is 1. The smallest absolute Gasteiger partial charge is 0.251 e. The van der Waals surface area contributed by atoms with Gasteiger partial charge in [0, 0.05) is 17.5 Å². The first-order valence-corrected chi connectivity index (χ1v) is 9.42. The molecule has 1 amide bonds. The van der Waals surface area contributed by atoms with Crippen LogP contribution in [0.4, 0.5) is 4.39 Å². The summed E-state index contributed by atoms with van der Waals surface area (Å²) in [4.78, 5) is 12.4. The summed E-state index contributed by atoms with van der Waals surface area (Å²) in [5, 5.41) is 2.86. The lowest BCUT2D eigenvalue weighted by Gasteiger charge is -2.17. The van der Waals surface area contributed by atoms with E-state index >= 15 is 0 Å². The first-order valence-electron chi connectivity index (χ1n) is 7.94. The lowest BCUT2D eigenvalue weighted by molar-refractivity contribution is 0.0949. The van der Waals surface area contributed by atoms with E-state index in [4.69, 9.17) is 0 Å². The Morgan fingerprint density at radius 3 is 2.44 bits per heavy atom. The zero-order valence-corrected chi connectivity index (χ0v) is 14.6. The molecule has 0 aromatic heterocycles. The molecule has 0 saturated heterocycles. The Hall–Kier alpha value is -2.25. The Morgan fingerprint density at radius 2 is 1.84 bits per heavy atom. The van der Waals surface area contributed by atoms with Crippen LogP contribution < -0.4 is 10.0 Å². The monoisotopic (exact) mass is 362 g/mol. The predicted molar refractivity (Wildman–Crippen MR) is 92.3 cm³/mol. The van der Waals surface area contributed by atoms with Crippen LogP contribution in [0, 0.1) is 5.82 Å². The molecule has 132 valence electrons. The predicted octanol–water partition coefficient (Wildman–Crippen LogP) is 2.20. The SMILES string of the molecule is CNS(=O)(=O)c1cccc(C(=O)NCC2(c3ccc(F)cc3)CC2)c1. The summed E-state index contributed by atoms with van der Waals surface area (Å²) >= 11 is 0. The van der Waals surface area contributed by atoms with Gasteiger partial charge >= 0.3 is 0 Å². The molecule has 0 spiro atoms. The minimum atomic E-state index is -3.60. The minimum Gasteiger partial charge on any atom is -0.351 e. The van der Waals surface area contributed by atoms with E-state index in [1.807, 2.05) is 0 Å². The van der Waals surface area contributed by atoms with Crippen molar-refractivity contribution in [3.63, 3.8) is 0 Å². The van der Waals surface area contributed by atoms with Crippen molar-refractivity contribution in [2.45, 2.75) is 23.2 Å². The highest BCUT2D eigenvalue weighted by atomic mass is 32.2. The Bertz CT molecular complexity index is 891. The summed E-state index contributed by atoms with van der Waals surface area (Å²) in [6.07, 6.45) is 1.85. The van der Waals surface area contributed by atoms with E-state index in [1.54, 1.807) is 18.2 Å². The second-order valence-electron chi connectivity index (χ2n) is 6.21. The molecule has 1 aliphatic carbocycles. The second kappa shape index (κ2) is 6.57. The molecular weight excluding hydrogens is 343 g/mol. The van der Waals surface area contributed by atoms with Crippen LogP contribution in [0.5, 0.6) is 0 Å². The molecule has 0 unspecified atom stereocenters. The van der Waals surface area contributed by atoms with Crippen LogP contribution in [0.2, 0.25) is 0 Å². The van der Waals surface area contributed by atoms with Crippen LogP contribution in [-0.4, -0.2) is 27.9 Å². The maximum atomic E-state index is 13.1. The number of hydrogen-bond donors (Lipinski definition) is 2. The highest BCUT2D eigenvalue weighted by Crippen LogP contribution is 2.47. The van der Waals surface area contributed by atoms with Crippen LogP contribution in [-0.2, 0) is 15.4 Å². The van der Waals surface area contributed by atoms with Gasteiger partial charge in [0.2, 0.25) is 10.0 Å². The van der Waals surface area contributed by atoms with E-state index in [9.17, 15) is 17.6 Å². The average molecular weight is 362 g/mol. The van der Waals surface area contributed by atoms with E-state index in [0.29, 0.717) is 6.54 Å². The van der Waals surface area contributed by atoms with Gasteiger partial charge in [0.15, 0.2) is 0 Å². The largest absolute Gasteiger partial charge is 0.351 e. The van der Waals surface area contributed by atoms with Crippen molar-refractivity contribution in [1.29, 1.82) is 0 Å². The fraction of sp³-hybridized carbons (Fsp3) is 0.278. The van der Waals surface area contributed by atoms with E-state index in [0.717, 1.165) is 18.4 Å². The third-order valence-corrected chi connectivity index (χ3v) is 5.98. The minimum absolute atomic E-state index is 0.0438. The van der Waals surface area contributed by atoms with Crippen molar-refractivity contribution in [3.8, 4) is 0 Å². The zero-order chi connectivity index (χ0) is 18.1. The molecule has 1 fully saturated rings. The van der Waals surface area contributed by atoms with Gasteiger partial charge in [0.25, 0.3) is 5.91 Å². The summed E-state index contributed by atoms with van der Waals surface area (Å²) < 4.78 is 39.0. The topological polar surface area (TPSA) is 75.3 Å². The zero-order valence-electron chi connectivity index (χ0n) is 13.8. The quantitative estimate of drug-likeness (QED) is 0.827. The third-order valence-electron chi connectivity index (χ3n) is 4.57.